The highest BCUT2D eigenvalue weighted by atomic mass is 16.5. The second-order valence-corrected chi connectivity index (χ2v) is 9.14. The van der Waals surface area contributed by atoms with Crippen LogP contribution in [0.3, 0.4) is 0 Å². The molecule has 8 heteroatoms. The van der Waals surface area contributed by atoms with Gasteiger partial charge < -0.3 is 14.8 Å². The van der Waals surface area contributed by atoms with Crippen LogP contribution in [-0.4, -0.2) is 40.7 Å². The lowest BCUT2D eigenvalue weighted by Crippen LogP contribution is -2.68. The summed E-state index contributed by atoms with van der Waals surface area (Å²) in [6.07, 6.45) is 0.189. The number of fused-ring (bicyclic) bond motifs is 1. The molecule has 0 bridgehead atoms. The number of amides is 2. The zero-order chi connectivity index (χ0) is 26.5. The molecule has 3 aromatic rings. The van der Waals surface area contributed by atoms with E-state index in [1.165, 1.54) is 4.90 Å². The van der Waals surface area contributed by atoms with Crippen LogP contribution in [0.25, 0.3) is 0 Å². The van der Waals surface area contributed by atoms with Gasteiger partial charge in [0.1, 0.15) is 25.0 Å². The highest BCUT2D eigenvalue weighted by Gasteiger charge is 2.57. The Balaban J connectivity index is 1.31. The quantitative estimate of drug-likeness (QED) is 0.351. The predicted molar refractivity (Wildman–Crippen MR) is 137 cm³/mol. The van der Waals surface area contributed by atoms with Gasteiger partial charge in [0.15, 0.2) is 0 Å². The van der Waals surface area contributed by atoms with Gasteiger partial charge in [-0.3, -0.25) is 14.5 Å². The van der Waals surface area contributed by atoms with Crippen molar-refractivity contribution in [3.05, 3.63) is 119 Å². The molecule has 0 aromatic heterocycles. The van der Waals surface area contributed by atoms with E-state index in [1.54, 1.807) is 12.1 Å². The van der Waals surface area contributed by atoms with Crippen molar-refractivity contribution < 1.29 is 28.7 Å². The van der Waals surface area contributed by atoms with Crippen molar-refractivity contribution in [3.63, 3.8) is 0 Å². The molecule has 1 saturated heterocycles. The van der Waals surface area contributed by atoms with Crippen molar-refractivity contribution in [2.45, 2.75) is 38.1 Å². The fraction of sp³-hybridized carbons (Fsp3) is 0.200. The first-order valence-electron chi connectivity index (χ1n) is 12.3. The monoisotopic (exact) mass is 510 g/mol. The molecule has 3 aromatic carbocycles. The van der Waals surface area contributed by atoms with Crippen molar-refractivity contribution in [2.24, 2.45) is 0 Å². The van der Waals surface area contributed by atoms with Gasteiger partial charge in [-0.2, -0.15) is 0 Å². The molecule has 0 radical (unpaired) electrons. The van der Waals surface area contributed by atoms with Gasteiger partial charge in [0.05, 0.1) is 18.0 Å². The number of β-lactam (4-membered cyclic amide) rings is 1. The maximum atomic E-state index is 13.1. The number of benzene rings is 3. The highest BCUT2D eigenvalue weighted by molar-refractivity contribution is 6.08. The number of hydrogen-bond acceptors (Lipinski definition) is 6. The molecule has 2 atom stereocenters. The predicted octanol–water partition coefficient (Wildman–Crippen LogP) is 3.07. The van der Waals surface area contributed by atoms with Gasteiger partial charge >= 0.3 is 11.9 Å². The summed E-state index contributed by atoms with van der Waals surface area (Å²) in [6, 6.07) is 26.0. The summed E-state index contributed by atoms with van der Waals surface area (Å²) in [6.45, 7) is 0.00478. The summed E-state index contributed by atoms with van der Waals surface area (Å²) in [4.78, 5) is 53.2. The third-order valence-electron chi connectivity index (χ3n) is 6.55. The Bertz CT molecular complexity index is 1370. The van der Waals surface area contributed by atoms with E-state index in [2.05, 4.69) is 5.32 Å². The van der Waals surface area contributed by atoms with Crippen LogP contribution in [0.2, 0.25) is 0 Å². The third-order valence-corrected chi connectivity index (χ3v) is 6.55. The van der Waals surface area contributed by atoms with Gasteiger partial charge in [0.25, 0.3) is 5.91 Å². The second kappa shape index (κ2) is 11.1. The number of nitrogens with zero attached hydrogens (tertiary/aromatic N) is 1. The van der Waals surface area contributed by atoms with E-state index >= 15 is 0 Å². The van der Waals surface area contributed by atoms with Crippen LogP contribution in [-0.2, 0) is 48.3 Å². The van der Waals surface area contributed by atoms with Gasteiger partial charge in [-0.25, -0.2) is 9.59 Å². The zero-order valence-electron chi connectivity index (χ0n) is 20.5. The average Bonchev–Trinajstić information content (AvgIpc) is 3.31. The van der Waals surface area contributed by atoms with Crippen LogP contribution in [0.1, 0.15) is 23.1 Å². The summed E-state index contributed by atoms with van der Waals surface area (Å²) in [5.41, 5.74) is 2.32. The Labute approximate surface area is 219 Å². The number of carbonyl (C=O) groups excluding carboxylic acids is 4. The van der Waals surface area contributed by atoms with Crippen LogP contribution >= 0.6 is 0 Å². The molecule has 2 aliphatic rings. The van der Waals surface area contributed by atoms with Gasteiger partial charge in [0, 0.05) is 6.42 Å². The van der Waals surface area contributed by atoms with Crippen molar-refractivity contribution in [1.82, 2.24) is 10.2 Å². The molecule has 0 saturated carbocycles. The first-order valence-corrected chi connectivity index (χ1v) is 12.3. The van der Waals surface area contributed by atoms with E-state index in [4.69, 9.17) is 9.47 Å². The van der Waals surface area contributed by atoms with Gasteiger partial charge in [-0.05, 0) is 16.7 Å². The van der Waals surface area contributed by atoms with E-state index in [9.17, 15) is 19.2 Å². The fourth-order valence-corrected chi connectivity index (χ4v) is 4.65. The van der Waals surface area contributed by atoms with Crippen LogP contribution in [0.5, 0.6) is 0 Å². The number of esters is 2. The minimum absolute atomic E-state index is 0.0144. The topological polar surface area (TPSA) is 102 Å². The molecule has 1 fully saturated rings. The number of carbonyl (C=O) groups is 4. The van der Waals surface area contributed by atoms with Crippen molar-refractivity contribution >= 4 is 23.8 Å². The van der Waals surface area contributed by atoms with Crippen LogP contribution in [0.4, 0.5) is 0 Å². The lowest BCUT2D eigenvalue weighted by atomic mass is 9.93. The van der Waals surface area contributed by atoms with Crippen LogP contribution in [0, 0.1) is 0 Å². The molecule has 5 rings (SSSR count). The van der Waals surface area contributed by atoms with E-state index in [0.717, 1.165) is 16.7 Å². The smallest absolute Gasteiger partial charge is 0.355 e. The summed E-state index contributed by atoms with van der Waals surface area (Å²) in [5.74, 6) is -2.26. The SMILES string of the molecule is O=C(Cc1ccccc1)N[C@@H]1C(=O)N2C(C(=O)OCc3ccccc3)=C(C(=O)OCc3ccccc3)C[C@H]12. The molecule has 2 amide bonds. The Morgan fingerprint density at radius 2 is 1.24 bits per heavy atom. The molecule has 0 aliphatic carbocycles. The Hall–Kier alpha value is -4.72. The fourth-order valence-electron chi connectivity index (χ4n) is 4.65. The summed E-state index contributed by atoms with van der Waals surface area (Å²) in [5, 5.41) is 2.76. The molecule has 2 aliphatic heterocycles. The molecule has 38 heavy (non-hydrogen) atoms. The minimum Gasteiger partial charge on any atom is -0.457 e. The maximum absolute atomic E-state index is 13.1. The Morgan fingerprint density at radius 1 is 0.737 bits per heavy atom. The number of rotatable bonds is 9. The molecule has 0 unspecified atom stereocenters. The van der Waals surface area contributed by atoms with Crippen molar-refractivity contribution in [1.29, 1.82) is 0 Å². The number of ether oxygens (including phenoxy) is 2. The van der Waals surface area contributed by atoms with Gasteiger partial charge in [0.2, 0.25) is 5.91 Å². The highest BCUT2D eigenvalue weighted by Crippen LogP contribution is 2.40. The standard InChI is InChI=1S/C30H26N2O6/c33-25(16-20-10-4-1-5-11-20)31-26-24-17-23(29(35)37-18-21-12-6-2-7-13-21)27(32(24)28(26)34)30(36)38-19-22-14-8-3-9-15-22/h1-15,24,26H,16-19H2,(H,31,33)/t24-,26+/m1/s1. The van der Waals surface area contributed by atoms with E-state index in [1.807, 2.05) is 78.9 Å². The Morgan fingerprint density at radius 3 is 1.79 bits per heavy atom. The van der Waals surface area contributed by atoms with E-state index in [-0.39, 0.29) is 43.2 Å². The van der Waals surface area contributed by atoms with Gasteiger partial charge in [-0.1, -0.05) is 91.0 Å². The average molecular weight is 511 g/mol. The summed E-state index contributed by atoms with van der Waals surface area (Å²) < 4.78 is 10.9. The summed E-state index contributed by atoms with van der Waals surface area (Å²) in [7, 11) is 0. The van der Waals surface area contributed by atoms with Crippen molar-refractivity contribution in [2.75, 3.05) is 0 Å². The molecule has 2 heterocycles. The molecule has 1 N–H and O–H groups in total. The van der Waals surface area contributed by atoms with Crippen LogP contribution < -0.4 is 5.32 Å². The normalized spacial score (nSPS) is 17.9. The molecule has 0 spiro atoms. The van der Waals surface area contributed by atoms with Crippen molar-refractivity contribution in [3.8, 4) is 0 Å². The largest absolute Gasteiger partial charge is 0.457 e. The summed E-state index contributed by atoms with van der Waals surface area (Å²) >= 11 is 0. The van der Waals surface area contributed by atoms with Crippen LogP contribution in [0.15, 0.2) is 102 Å². The third kappa shape index (κ3) is 5.34. The molecule has 8 nitrogen and oxygen atoms in total. The first-order chi connectivity index (χ1) is 18.5. The van der Waals surface area contributed by atoms with Gasteiger partial charge in [-0.15, -0.1) is 0 Å². The van der Waals surface area contributed by atoms with E-state index < -0.39 is 29.9 Å². The molecular weight excluding hydrogens is 484 g/mol. The Kier molecular flexibility index (Phi) is 7.31. The van der Waals surface area contributed by atoms with E-state index in [0.29, 0.717) is 0 Å². The second-order valence-electron chi connectivity index (χ2n) is 9.14. The molecule has 192 valence electrons. The molecular formula is C30H26N2O6. The lowest BCUT2D eigenvalue weighted by molar-refractivity contribution is -0.155. The maximum Gasteiger partial charge on any atom is 0.355 e. The lowest BCUT2D eigenvalue weighted by Gasteiger charge is -2.43. The minimum atomic E-state index is -0.845. The number of nitrogens with one attached hydrogen (secondary N) is 1. The zero-order valence-corrected chi connectivity index (χ0v) is 20.5. The first kappa shape index (κ1) is 25.0. The number of hydrogen-bond donors (Lipinski definition) is 1.